The van der Waals surface area contributed by atoms with E-state index in [1.54, 1.807) is 45.0 Å². The molecule has 4 N–H and O–H groups in total. The van der Waals surface area contributed by atoms with Gasteiger partial charge in [0.15, 0.2) is 18.4 Å². The van der Waals surface area contributed by atoms with E-state index in [1.807, 2.05) is 33.8 Å². The van der Waals surface area contributed by atoms with E-state index in [0.29, 0.717) is 31.1 Å². The Morgan fingerprint density at radius 1 is 0.820 bits per heavy atom. The minimum absolute atomic E-state index is 0.0427. The number of ketones is 1. The predicted octanol–water partition coefficient (Wildman–Crippen LogP) is 3.34. The van der Waals surface area contributed by atoms with E-state index < -0.39 is 103 Å². The first-order valence-electron chi connectivity index (χ1n) is 22.6. The Balaban J connectivity index is 1.68. The molecule has 0 spiro atoms. The maximum Gasteiger partial charge on any atom is 0.308 e. The highest BCUT2D eigenvalue weighted by atomic mass is 16.7. The Morgan fingerprint density at radius 2 is 1.44 bits per heavy atom. The first kappa shape index (κ1) is 51.8. The van der Waals surface area contributed by atoms with Crippen molar-refractivity contribution in [2.45, 2.75) is 167 Å². The van der Waals surface area contributed by atoms with Crippen molar-refractivity contribution in [2.75, 3.05) is 54.6 Å². The number of likely N-dealkylation sites (N-methyl/N-ethyl adjacent to an activating group) is 1. The molecule has 3 fully saturated rings. The average molecular weight is 869 g/mol. The number of carbonyl (C=O) groups is 2. The van der Waals surface area contributed by atoms with Gasteiger partial charge in [0, 0.05) is 45.1 Å². The Labute approximate surface area is 365 Å². The normalized spacial score (nSPS) is 44.3. The average Bonchev–Trinajstić information content (AvgIpc) is 3.19. The van der Waals surface area contributed by atoms with E-state index >= 15 is 0 Å². The lowest BCUT2D eigenvalue weighted by Gasteiger charge is -2.47. The van der Waals surface area contributed by atoms with Crippen molar-refractivity contribution in [3.63, 3.8) is 0 Å². The van der Waals surface area contributed by atoms with Gasteiger partial charge in [0.05, 0.1) is 49.6 Å². The molecular formula is C46H80N2O13. The van der Waals surface area contributed by atoms with Crippen molar-refractivity contribution in [1.82, 2.24) is 9.80 Å². The zero-order valence-electron chi connectivity index (χ0n) is 38.9. The second kappa shape index (κ2) is 23.9. The van der Waals surface area contributed by atoms with Crippen LogP contribution in [0.3, 0.4) is 0 Å². The molecule has 4 aliphatic heterocycles. The molecule has 352 valence electrons. The molecule has 0 aliphatic carbocycles. The lowest BCUT2D eigenvalue weighted by atomic mass is 9.79. The van der Waals surface area contributed by atoms with Gasteiger partial charge in [0.2, 0.25) is 0 Å². The molecule has 4 rings (SSSR count). The van der Waals surface area contributed by atoms with Gasteiger partial charge in [-0.2, -0.15) is 0 Å². The number of allylic oxidation sites excluding steroid dienone is 3. The van der Waals surface area contributed by atoms with Gasteiger partial charge >= 0.3 is 5.97 Å². The summed E-state index contributed by atoms with van der Waals surface area (Å²) in [7, 11) is 6.54. The number of rotatable bonds is 12. The molecule has 1 unspecified atom stereocenters. The van der Waals surface area contributed by atoms with Crippen molar-refractivity contribution in [3.8, 4) is 0 Å². The number of piperidine rings is 1. The largest absolute Gasteiger partial charge is 0.462 e. The lowest BCUT2D eigenvalue weighted by molar-refractivity contribution is -0.304. The van der Waals surface area contributed by atoms with Crippen LogP contribution in [0, 0.1) is 35.5 Å². The fourth-order valence-electron chi connectivity index (χ4n) is 10.0. The van der Waals surface area contributed by atoms with Crippen molar-refractivity contribution < 1.29 is 63.2 Å². The van der Waals surface area contributed by atoms with Gasteiger partial charge in [-0.1, -0.05) is 52.3 Å². The Hall–Kier alpha value is -1.86. The fraction of sp³-hybridized carbons (Fsp3) is 0.870. The Kier molecular flexibility index (Phi) is 20.3. The van der Waals surface area contributed by atoms with Crippen LogP contribution in [0.15, 0.2) is 23.8 Å². The van der Waals surface area contributed by atoms with Crippen molar-refractivity contribution in [2.24, 2.45) is 35.5 Å². The molecule has 4 heterocycles. The molecule has 61 heavy (non-hydrogen) atoms. The monoisotopic (exact) mass is 869 g/mol. The van der Waals surface area contributed by atoms with Crippen LogP contribution < -0.4 is 0 Å². The number of esters is 1. The first-order chi connectivity index (χ1) is 28.8. The molecule has 15 nitrogen and oxygen atoms in total. The summed E-state index contributed by atoms with van der Waals surface area (Å²) in [5.41, 5.74) is 0.761. The molecular weight excluding hydrogens is 789 g/mol. The van der Waals surface area contributed by atoms with Gasteiger partial charge < -0.3 is 63.4 Å². The second-order valence-electron chi connectivity index (χ2n) is 18.9. The number of aliphatic hydroxyl groups is 4. The molecule has 4 aliphatic rings. The summed E-state index contributed by atoms with van der Waals surface area (Å²) in [5, 5.41) is 45.3. The highest BCUT2D eigenvalue weighted by molar-refractivity contribution is 5.91. The van der Waals surface area contributed by atoms with E-state index in [4.69, 9.17) is 33.2 Å². The summed E-state index contributed by atoms with van der Waals surface area (Å²) in [6.07, 6.45) is -2.96. The predicted molar refractivity (Wildman–Crippen MR) is 229 cm³/mol. The van der Waals surface area contributed by atoms with Gasteiger partial charge in [-0.15, -0.1) is 0 Å². The molecule has 19 atom stereocenters. The second-order valence-corrected chi connectivity index (χ2v) is 18.9. The third-order valence-electron chi connectivity index (χ3n) is 13.5. The zero-order valence-corrected chi connectivity index (χ0v) is 38.9. The zero-order chi connectivity index (χ0) is 45.3. The van der Waals surface area contributed by atoms with Crippen molar-refractivity contribution in [3.05, 3.63) is 23.8 Å². The number of carbonyl (C=O) groups excluding carboxylic acids is 2. The SMILES string of the molecule is CC[C@H]1OC(=O)C[C@@H](O)[C@H](C)[C@@H](OC2O[C@H](C)[C@@H](O)[C@H](N(C)C)[C@H]2O)[C@@H](CCN2C[C@H](C)C[C@H](C)C2)C[C@@H](C)C(=O)/C=C\C(C)=C/[C@@H]1CO[C@@H]1O[C@H](C)[C@@H](O)[C@@H](OC)[C@H]1OC. The van der Waals surface area contributed by atoms with Gasteiger partial charge in [0.25, 0.3) is 0 Å². The number of hydrogen-bond donors (Lipinski definition) is 4. The van der Waals surface area contributed by atoms with E-state index in [-0.39, 0.29) is 24.7 Å². The summed E-state index contributed by atoms with van der Waals surface area (Å²) < 4.78 is 42.6. The van der Waals surface area contributed by atoms with Crippen LogP contribution in [0.25, 0.3) is 0 Å². The molecule has 0 aromatic heterocycles. The minimum atomic E-state index is -1.23. The van der Waals surface area contributed by atoms with Gasteiger partial charge in [-0.05, 0) is 90.9 Å². The quantitative estimate of drug-likeness (QED) is 0.209. The molecule has 0 aromatic rings. The third kappa shape index (κ3) is 13.8. The number of aliphatic hydroxyl groups excluding tert-OH is 4. The van der Waals surface area contributed by atoms with Crippen molar-refractivity contribution in [1.29, 1.82) is 0 Å². The topological polar surface area (TPSA) is 186 Å². The number of likely N-dealkylation sites (tertiary alicyclic amines) is 1. The molecule has 0 aromatic carbocycles. The van der Waals surface area contributed by atoms with Gasteiger partial charge in [-0.3, -0.25) is 9.59 Å². The van der Waals surface area contributed by atoms with E-state index in [0.717, 1.165) is 25.2 Å². The molecule has 0 saturated carbocycles. The number of hydrogen-bond acceptors (Lipinski definition) is 15. The Morgan fingerprint density at radius 3 is 2.05 bits per heavy atom. The number of nitrogens with zero attached hydrogens (tertiary/aromatic N) is 2. The minimum Gasteiger partial charge on any atom is -0.462 e. The van der Waals surface area contributed by atoms with Gasteiger partial charge in [0.1, 0.15) is 30.5 Å². The van der Waals surface area contributed by atoms with Crippen LogP contribution in [0.2, 0.25) is 0 Å². The fourth-order valence-corrected chi connectivity index (χ4v) is 10.0. The summed E-state index contributed by atoms with van der Waals surface area (Å²) in [4.78, 5) is 32.1. The molecule has 0 radical (unpaired) electrons. The summed E-state index contributed by atoms with van der Waals surface area (Å²) >= 11 is 0. The number of ether oxygens (including phenoxy) is 7. The van der Waals surface area contributed by atoms with Crippen LogP contribution in [0.5, 0.6) is 0 Å². The third-order valence-corrected chi connectivity index (χ3v) is 13.5. The molecule has 15 heteroatoms. The highest BCUT2D eigenvalue weighted by Crippen LogP contribution is 2.36. The number of methoxy groups -OCH3 is 2. The number of cyclic esters (lactones) is 1. The lowest BCUT2D eigenvalue weighted by Crippen LogP contribution is -2.63. The summed E-state index contributed by atoms with van der Waals surface area (Å²) in [6, 6.07) is -0.684. The standard InChI is InChI=1S/C46H80N2O13/c1-13-36-33(24-57-46-44(56-12)43(55-11)40(53)31(8)59-46)19-25(2)14-15-34(49)28(5)20-32(16-17-48-22-26(3)18-27(4)23-48)42(29(6)35(50)21-37(51)60-36)61-45-41(54)38(47(9)10)39(52)30(7)58-45/h14-15,19,26-33,35-36,38-46,50,52-54H,13,16-18,20-24H2,1-12H3/b15-14-,25-19-/t26-,27+,28-,29+,30-,31-,32+,33-,35-,36-,38+,39-,40-,41-,42-,43-,44-,45?,46-/m1/s1. The smallest absolute Gasteiger partial charge is 0.308 e. The van der Waals surface area contributed by atoms with Crippen LogP contribution >= 0.6 is 0 Å². The Bertz CT molecular complexity index is 1420. The van der Waals surface area contributed by atoms with Crippen LogP contribution in [-0.2, 0) is 42.7 Å². The summed E-state index contributed by atoms with van der Waals surface area (Å²) in [5.74, 6) is -1.46. The maximum atomic E-state index is 14.0. The van der Waals surface area contributed by atoms with Crippen LogP contribution in [-0.4, -0.2) is 176 Å². The molecule has 3 saturated heterocycles. The molecule has 0 amide bonds. The van der Waals surface area contributed by atoms with E-state index in [9.17, 15) is 30.0 Å². The van der Waals surface area contributed by atoms with Crippen LogP contribution in [0.4, 0.5) is 0 Å². The van der Waals surface area contributed by atoms with Gasteiger partial charge in [-0.25, -0.2) is 0 Å². The van der Waals surface area contributed by atoms with Crippen LogP contribution in [0.1, 0.15) is 87.5 Å². The maximum absolute atomic E-state index is 14.0. The van der Waals surface area contributed by atoms with Crippen molar-refractivity contribution >= 4 is 11.8 Å². The first-order valence-corrected chi connectivity index (χ1v) is 22.6. The summed E-state index contributed by atoms with van der Waals surface area (Å²) in [6.45, 7) is 18.2. The molecule has 0 bridgehead atoms. The van der Waals surface area contributed by atoms with E-state index in [2.05, 4.69) is 18.7 Å². The highest BCUT2D eigenvalue weighted by Gasteiger charge is 2.48. The van der Waals surface area contributed by atoms with E-state index in [1.165, 1.54) is 20.6 Å².